The predicted molar refractivity (Wildman–Crippen MR) is 71.7 cm³/mol. The number of hydrogen-bond acceptors (Lipinski definition) is 3. The molecule has 0 aromatic heterocycles. The highest BCUT2D eigenvalue weighted by Gasteiger charge is 2.15. The fourth-order valence-corrected chi connectivity index (χ4v) is 2.30. The molecular weight excluding hydrogens is 230 g/mol. The minimum absolute atomic E-state index is 0.0985. The molecule has 0 unspecified atom stereocenters. The van der Waals surface area contributed by atoms with Crippen LogP contribution in [0.15, 0.2) is 29.2 Å². The molecule has 0 aliphatic heterocycles. The first-order chi connectivity index (χ1) is 8.07. The molecule has 17 heavy (non-hydrogen) atoms. The molecule has 1 N–H and O–H groups in total. The van der Waals surface area contributed by atoms with Gasteiger partial charge < -0.3 is 5.11 Å². The molecule has 2 nitrogen and oxygen atoms in total. The molecule has 0 aliphatic rings. The van der Waals surface area contributed by atoms with E-state index in [1.807, 2.05) is 38.1 Å². The van der Waals surface area contributed by atoms with Crippen molar-refractivity contribution in [1.29, 1.82) is 5.26 Å². The number of rotatable bonds is 6. The summed E-state index contributed by atoms with van der Waals surface area (Å²) >= 11 is 1.80. The Kier molecular flexibility index (Phi) is 5.54. The Hall–Kier alpha value is -0.980. The van der Waals surface area contributed by atoms with Gasteiger partial charge in [0.25, 0.3) is 0 Å². The van der Waals surface area contributed by atoms with Crippen LogP contribution >= 0.6 is 11.8 Å². The van der Waals surface area contributed by atoms with E-state index in [2.05, 4.69) is 6.07 Å². The van der Waals surface area contributed by atoms with Gasteiger partial charge in [-0.05, 0) is 50.1 Å². The fraction of sp³-hybridized carbons (Fsp3) is 0.500. The second-order valence-electron chi connectivity index (χ2n) is 4.75. The third-order valence-electron chi connectivity index (χ3n) is 2.62. The zero-order valence-electron chi connectivity index (χ0n) is 10.4. The smallest absolute Gasteiger partial charge is 0.0683 e. The van der Waals surface area contributed by atoms with Gasteiger partial charge in [-0.15, -0.1) is 11.8 Å². The van der Waals surface area contributed by atoms with Crippen LogP contribution in [-0.4, -0.2) is 10.9 Å². The van der Waals surface area contributed by atoms with Crippen molar-refractivity contribution < 1.29 is 5.11 Å². The Balaban J connectivity index is 2.29. The summed E-state index contributed by atoms with van der Waals surface area (Å²) in [7, 11) is 0. The Morgan fingerprint density at radius 2 is 1.94 bits per heavy atom. The molecule has 0 fully saturated rings. The van der Waals surface area contributed by atoms with Crippen LogP contribution < -0.4 is 0 Å². The van der Waals surface area contributed by atoms with E-state index in [1.165, 1.54) is 4.90 Å². The van der Waals surface area contributed by atoms with Gasteiger partial charge in [0, 0.05) is 4.90 Å². The van der Waals surface area contributed by atoms with Crippen LogP contribution in [-0.2, 0) is 6.61 Å². The van der Waals surface area contributed by atoms with Gasteiger partial charge in [-0.3, -0.25) is 0 Å². The predicted octanol–water partition coefficient (Wildman–Crippen LogP) is 3.60. The summed E-state index contributed by atoms with van der Waals surface area (Å²) in [6, 6.07) is 10.3. The van der Waals surface area contributed by atoms with E-state index in [1.54, 1.807) is 11.8 Å². The monoisotopic (exact) mass is 249 g/mol. The molecule has 0 saturated heterocycles. The van der Waals surface area contributed by atoms with E-state index < -0.39 is 0 Å². The van der Waals surface area contributed by atoms with E-state index in [0.29, 0.717) is 0 Å². The Bertz CT molecular complexity index is 378. The summed E-state index contributed by atoms with van der Waals surface area (Å²) in [5, 5.41) is 17.8. The van der Waals surface area contributed by atoms with Crippen molar-refractivity contribution in [3.63, 3.8) is 0 Å². The Morgan fingerprint density at radius 1 is 1.29 bits per heavy atom. The van der Waals surface area contributed by atoms with E-state index in [-0.39, 0.29) is 12.0 Å². The maximum Gasteiger partial charge on any atom is 0.0683 e. The zero-order valence-corrected chi connectivity index (χ0v) is 11.3. The number of hydrogen-bond donors (Lipinski definition) is 1. The second-order valence-corrected chi connectivity index (χ2v) is 5.92. The van der Waals surface area contributed by atoms with Crippen LogP contribution in [0, 0.1) is 16.7 Å². The molecule has 1 aromatic rings. The summed E-state index contributed by atoms with van der Waals surface area (Å²) < 4.78 is 0. The summed E-state index contributed by atoms with van der Waals surface area (Å²) in [6.07, 6.45) is 1.98. The number of nitriles is 1. The van der Waals surface area contributed by atoms with Crippen molar-refractivity contribution in [2.75, 3.05) is 5.75 Å². The van der Waals surface area contributed by atoms with Crippen molar-refractivity contribution in [2.24, 2.45) is 5.41 Å². The van der Waals surface area contributed by atoms with Crippen LogP contribution in [0.3, 0.4) is 0 Å². The molecule has 0 aliphatic carbocycles. The third-order valence-corrected chi connectivity index (χ3v) is 3.72. The molecular formula is C14H19NOS. The molecule has 0 spiro atoms. The van der Waals surface area contributed by atoms with Gasteiger partial charge in [-0.25, -0.2) is 0 Å². The first-order valence-corrected chi connectivity index (χ1v) is 6.80. The lowest BCUT2D eigenvalue weighted by atomic mass is 9.90. The maximum absolute atomic E-state index is 8.92. The number of nitrogens with zero attached hydrogens (tertiary/aromatic N) is 1. The van der Waals surface area contributed by atoms with Crippen molar-refractivity contribution in [3.05, 3.63) is 29.8 Å². The summed E-state index contributed by atoms with van der Waals surface area (Å²) in [4.78, 5) is 1.22. The third kappa shape index (κ3) is 5.25. The van der Waals surface area contributed by atoms with Gasteiger partial charge in [0.2, 0.25) is 0 Å². The van der Waals surface area contributed by atoms with Gasteiger partial charge in [0.1, 0.15) is 0 Å². The van der Waals surface area contributed by atoms with Crippen LogP contribution in [0.2, 0.25) is 0 Å². The highest BCUT2D eigenvalue weighted by Crippen LogP contribution is 2.25. The summed E-state index contributed by atoms with van der Waals surface area (Å²) in [6.45, 7) is 4.06. The van der Waals surface area contributed by atoms with Gasteiger partial charge in [0.05, 0.1) is 18.1 Å². The molecule has 0 amide bonds. The standard InChI is InChI=1S/C14H19NOS/c1-14(2,11-15)8-3-9-17-13-6-4-12(10-16)5-7-13/h4-7,16H,3,8-10H2,1-2H3. The minimum atomic E-state index is -0.207. The molecule has 0 atom stereocenters. The first kappa shape index (κ1) is 14.1. The minimum Gasteiger partial charge on any atom is -0.392 e. The van der Waals surface area contributed by atoms with Crippen molar-refractivity contribution in [1.82, 2.24) is 0 Å². The Morgan fingerprint density at radius 3 is 2.47 bits per heavy atom. The average Bonchev–Trinajstić information content (AvgIpc) is 2.35. The summed E-state index contributed by atoms with van der Waals surface area (Å²) in [5.41, 5.74) is 0.737. The normalized spacial score (nSPS) is 11.2. The lowest BCUT2D eigenvalue weighted by Gasteiger charge is -2.14. The molecule has 0 bridgehead atoms. The van der Waals surface area contributed by atoms with Gasteiger partial charge >= 0.3 is 0 Å². The van der Waals surface area contributed by atoms with Crippen LogP contribution in [0.25, 0.3) is 0 Å². The fourth-order valence-electron chi connectivity index (χ4n) is 1.45. The number of aliphatic hydroxyl groups excluding tert-OH is 1. The molecule has 0 heterocycles. The first-order valence-electron chi connectivity index (χ1n) is 5.81. The van der Waals surface area contributed by atoms with Crippen LogP contribution in [0.4, 0.5) is 0 Å². The quantitative estimate of drug-likeness (QED) is 0.619. The average molecular weight is 249 g/mol. The van der Waals surface area contributed by atoms with E-state index >= 15 is 0 Å². The molecule has 3 heteroatoms. The maximum atomic E-state index is 8.92. The SMILES string of the molecule is CC(C)(C#N)CCCSc1ccc(CO)cc1. The van der Waals surface area contributed by atoms with Crippen molar-refractivity contribution in [2.45, 2.75) is 38.2 Å². The lowest BCUT2D eigenvalue weighted by Crippen LogP contribution is -2.07. The van der Waals surface area contributed by atoms with Gasteiger partial charge in [-0.2, -0.15) is 5.26 Å². The van der Waals surface area contributed by atoms with Gasteiger partial charge in [0.15, 0.2) is 0 Å². The molecule has 92 valence electrons. The van der Waals surface area contributed by atoms with E-state index in [0.717, 1.165) is 24.2 Å². The topological polar surface area (TPSA) is 44.0 Å². The van der Waals surface area contributed by atoms with Gasteiger partial charge in [-0.1, -0.05) is 12.1 Å². The number of thioether (sulfide) groups is 1. The van der Waals surface area contributed by atoms with E-state index in [9.17, 15) is 0 Å². The van der Waals surface area contributed by atoms with Crippen LogP contribution in [0.1, 0.15) is 32.3 Å². The Labute approximate surface area is 108 Å². The molecule has 1 rings (SSSR count). The largest absolute Gasteiger partial charge is 0.392 e. The molecule has 0 saturated carbocycles. The molecule has 1 aromatic carbocycles. The molecule has 0 radical (unpaired) electrons. The van der Waals surface area contributed by atoms with Crippen molar-refractivity contribution in [3.8, 4) is 6.07 Å². The van der Waals surface area contributed by atoms with Crippen LogP contribution in [0.5, 0.6) is 0 Å². The lowest BCUT2D eigenvalue weighted by molar-refractivity contribution is 0.282. The second kappa shape index (κ2) is 6.68. The zero-order chi connectivity index (χ0) is 12.7. The number of benzene rings is 1. The van der Waals surface area contributed by atoms with E-state index in [4.69, 9.17) is 10.4 Å². The highest BCUT2D eigenvalue weighted by atomic mass is 32.2. The summed E-state index contributed by atoms with van der Waals surface area (Å²) in [5.74, 6) is 1.03. The number of aliphatic hydroxyl groups is 1. The highest BCUT2D eigenvalue weighted by molar-refractivity contribution is 7.99. The van der Waals surface area contributed by atoms with Crippen molar-refractivity contribution >= 4 is 11.8 Å².